The number of carbonyl (C=O) groups excluding carboxylic acids is 1. The Morgan fingerprint density at radius 1 is 1.09 bits per heavy atom. The van der Waals surface area contributed by atoms with E-state index in [1.54, 1.807) is 0 Å². The van der Waals surface area contributed by atoms with Crippen LogP contribution in [0.1, 0.15) is 6.42 Å². The Balaban J connectivity index is 1.68. The molecule has 1 aromatic carbocycles. The van der Waals surface area contributed by atoms with E-state index in [0.717, 1.165) is 12.1 Å². The Kier molecular flexibility index (Phi) is 4.16. The van der Waals surface area contributed by atoms with Crippen LogP contribution in [0.4, 0.5) is 4.39 Å². The van der Waals surface area contributed by atoms with Gasteiger partial charge >= 0.3 is 5.97 Å². The van der Waals surface area contributed by atoms with E-state index in [4.69, 9.17) is 4.74 Å². The Hall–Kier alpha value is -1.51. The van der Waals surface area contributed by atoms with Gasteiger partial charge in [0.05, 0.1) is 11.5 Å². The van der Waals surface area contributed by atoms with Gasteiger partial charge in [-0.3, -0.25) is 9.69 Å². The van der Waals surface area contributed by atoms with Gasteiger partial charge in [0.1, 0.15) is 11.9 Å². The van der Waals surface area contributed by atoms with Gasteiger partial charge in [-0.2, -0.15) is 4.31 Å². The second-order valence-corrected chi connectivity index (χ2v) is 7.30. The van der Waals surface area contributed by atoms with Crippen molar-refractivity contribution in [2.24, 2.45) is 0 Å². The first-order chi connectivity index (χ1) is 10.5. The molecule has 0 radical (unpaired) electrons. The molecule has 2 aliphatic heterocycles. The van der Waals surface area contributed by atoms with E-state index in [-0.39, 0.29) is 16.9 Å². The average molecular weight is 328 g/mol. The minimum atomic E-state index is -3.62. The monoisotopic (exact) mass is 328 g/mol. The molecule has 2 heterocycles. The highest BCUT2D eigenvalue weighted by Gasteiger charge is 2.36. The fraction of sp³-hybridized carbons (Fsp3) is 0.500. The van der Waals surface area contributed by atoms with E-state index >= 15 is 0 Å². The second-order valence-electron chi connectivity index (χ2n) is 5.37. The molecule has 1 unspecified atom stereocenters. The zero-order valence-electron chi connectivity index (χ0n) is 11.9. The highest BCUT2D eigenvalue weighted by molar-refractivity contribution is 7.89. The predicted octanol–water partition coefficient (Wildman–Crippen LogP) is 0.448. The number of halogens is 1. The molecule has 2 aliphatic rings. The van der Waals surface area contributed by atoms with Crippen LogP contribution >= 0.6 is 0 Å². The van der Waals surface area contributed by atoms with Gasteiger partial charge in [-0.05, 0) is 24.3 Å². The van der Waals surface area contributed by atoms with Crippen LogP contribution in [0, 0.1) is 5.82 Å². The molecule has 120 valence electrons. The molecule has 8 heteroatoms. The van der Waals surface area contributed by atoms with E-state index in [2.05, 4.69) is 0 Å². The summed E-state index contributed by atoms with van der Waals surface area (Å²) in [6.45, 7) is 2.02. The lowest BCUT2D eigenvalue weighted by Crippen LogP contribution is -2.52. The molecule has 0 spiro atoms. The number of rotatable bonds is 3. The maximum Gasteiger partial charge on any atom is 0.323 e. The molecule has 0 bridgehead atoms. The van der Waals surface area contributed by atoms with Gasteiger partial charge in [0, 0.05) is 32.6 Å². The molecule has 0 amide bonds. The molecule has 2 saturated heterocycles. The van der Waals surface area contributed by atoms with E-state index in [1.165, 1.54) is 16.4 Å². The van der Waals surface area contributed by atoms with Crippen molar-refractivity contribution in [2.45, 2.75) is 17.4 Å². The number of esters is 1. The van der Waals surface area contributed by atoms with Crippen LogP contribution in [-0.2, 0) is 19.6 Å². The topological polar surface area (TPSA) is 66.9 Å². The Labute approximate surface area is 128 Å². The third-order valence-corrected chi connectivity index (χ3v) is 5.99. The summed E-state index contributed by atoms with van der Waals surface area (Å²) in [7, 11) is -3.62. The minimum Gasteiger partial charge on any atom is -0.464 e. The van der Waals surface area contributed by atoms with Gasteiger partial charge in [0.25, 0.3) is 0 Å². The largest absolute Gasteiger partial charge is 0.464 e. The van der Waals surface area contributed by atoms with Crippen LogP contribution in [-0.4, -0.2) is 62.4 Å². The number of sulfonamides is 1. The molecule has 2 fully saturated rings. The fourth-order valence-corrected chi connectivity index (χ4v) is 4.25. The SMILES string of the molecule is O=C1OCCC1N1CCN(S(=O)(=O)c2ccc(F)cc2)CC1. The second kappa shape index (κ2) is 5.94. The summed E-state index contributed by atoms with van der Waals surface area (Å²) in [5.41, 5.74) is 0. The van der Waals surface area contributed by atoms with Crippen LogP contribution in [0.5, 0.6) is 0 Å². The van der Waals surface area contributed by atoms with Crippen molar-refractivity contribution < 1.29 is 22.3 Å². The van der Waals surface area contributed by atoms with Crippen LogP contribution in [0.2, 0.25) is 0 Å². The molecule has 1 aromatic rings. The summed E-state index contributed by atoms with van der Waals surface area (Å²) in [5, 5.41) is 0. The molecule has 3 rings (SSSR count). The number of piperazine rings is 1. The van der Waals surface area contributed by atoms with Crippen molar-refractivity contribution in [3.8, 4) is 0 Å². The normalized spacial score (nSPS) is 24.4. The van der Waals surface area contributed by atoms with Crippen LogP contribution in [0.25, 0.3) is 0 Å². The summed E-state index contributed by atoms with van der Waals surface area (Å²) in [6.07, 6.45) is 0.656. The lowest BCUT2D eigenvalue weighted by atomic mass is 10.2. The fourth-order valence-electron chi connectivity index (χ4n) is 2.83. The molecular formula is C14H17FN2O4S. The minimum absolute atomic E-state index is 0.0858. The van der Waals surface area contributed by atoms with Gasteiger partial charge in [-0.25, -0.2) is 12.8 Å². The van der Waals surface area contributed by atoms with E-state index in [0.29, 0.717) is 39.2 Å². The van der Waals surface area contributed by atoms with Crippen molar-refractivity contribution in [3.05, 3.63) is 30.1 Å². The number of hydrogen-bond acceptors (Lipinski definition) is 5. The summed E-state index contributed by atoms with van der Waals surface area (Å²) in [6, 6.07) is 4.56. The van der Waals surface area contributed by atoms with Crippen LogP contribution in [0.3, 0.4) is 0 Å². The number of ether oxygens (including phenoxy) is 1. The van der Waals surface area contributed by atoms with Gasteiger partial charge < -0.3 is 4.74 Å². The quantitative estimate of drug-likeness (QED) is 0.754. The molecular weight excluding hydrogens is 311 g/mol. The number of nitrogens with zero attached hydrogens (tertiary/aromatic N) is 2. The van der Waals surface area contributed by atoms with E-state index in [9.17, 15) is 17.6 Å². The number of hydrogen-bond donors (Lipinski definition) is 0. The zero-order chi connectivity index (χ0) is 15.7. The zero-order valence-corrected chi connectivity index (χ0v) is 12.8. The first-order valence-electron chi connectivity index (χ1n) is 7.15. The lowest BCUT2D eigenvalue weighted by molar-refractivity contribution is -0.142. The molecule has 0 N–H and O–H groups in total. The summed E-state index contributed by atoms with van der Waals surface area (Å²) in [4.78, 5) is 13.6. The van der Waals surface area contributed by atoms with Crippen LogP contribution < -0.4 is 0 Å². The number of carbonyl (C=O) groups is 1. The number of benzene rings is 1. The molecule has 0 aliphatic carbocycles. The first-order valence-corrected chi connectivity index (χ1v) is 8.59. The lowest BCUT2D eigenvalue weighted by Gasteiger charge is -2.35. The standard InChI is InChI=1S/C14H17FN2O4S/c15-11-1-3-12(4-2-11)22(19,20)17-8-6-16(7-9-17)13-5-10-21-14(13)18/h1-4,13H,5-10H2. The van der Waals surface area contributed by atoms with Crippen LogP contribution in [0.15, 0.2) is 29.2 Å². The van der Waals surface area contributed by atoms with E-state index < -0.39 is 15.8 Å². The van der Waals surface area contributed by atoms with Crippen molar-refractivity contribution >= 4 is 16.0 Å². The van der Waals surface area contributed by atoms with Gasteiger partial charge in [0.2, 0.25) is 10.0 Å². The van der Waals surface area contributed by atoms with Crippen molar-refractivity contribution in [1.82, 2.24) is 9.21 Å². The molecule has 22 heavy (non-hydrogen) atoms. The summed E-state index contributed by atoms with van der Waals surface area (Å²) in [5.74, 6) is -0.696. The molecule has 0 aromatic heterocycles. The number of cyclic esters (lactones) is 1. The highest BCUT2D eigenvalue weighted by Crippen LogP contribution is 2.21. The third kappa shape index (κ3) is 2.86. The summed E-state index contributed by atoms with van der Waals surface area (Å²) < 4.78 is 44.2. The Morgan fingerprint density at radius 2 is 1.73 bits per heavy atom. The first kappa shape index (κ1) is 15.4. The van der Waals surface area contributed by atoms with Crippen molar-refractivity contribution in [1.29, 1.82) is 0 Å². The summed E-state index contributed by atoms with van der Waals surface area (Å²) >= 11 is 0. The maximum atomic E-state index is 12.9. The van der Waals surface area contributed by atoms with Gasteiger partial charge in [-0.15, -0.1) is 0 Å². The van der Waals surface area contributed by atoms with E-state index in [1.807, 2.05) is 4.90 Å². The average Bonchev–Trinajstić information content (AvgIpc) is 2.94. The maximum absolute atomic E-state index is 12.9. The van der Waals surface area contributed by atoms with Gasteiger partial charge in [-0.1, -0.05) is 0 Å². The van der Waals surface area contributed by atoms with Gasteiger partial charge in [0.15, 0.2) is 0 Å². The Morgan fingerprint density at radius 3 is 2.27 bits per heavy atom. The van der Waals surface area contributed by atoms with Crippen molar-refractivity contribution in [3.63, 3.8) is 0 Å². The third-order valence-electron chi connectivity index (χ3n) is 4.07. The highest BCUT2D eigenvalue weighted by atomic mass is 32.2. The predicted molar refractivity (Wildman–Crippen MR) is 76.1 cm³/mol. The smallest absolute Gasteiger partial charge is 0.323 e. The van der Waals surface area contributed by atoms with Crippen molar-refractivity contribution in [2.75, 3.05) is 32.8 Å². The molecule has 1 atom stereocenters. The molecule has 6 nitrogen and oxygen atoms in total. The Bertz CT molecular complexity index is 654. The molecule has 0 saturated carbocycles.